The molecule has 3 nitrogen and oxygen atoms in total. The Morgan fingerprint density at radius 2 is 1.77 bits per heavy atom. The van der Waals surface area contributed by atoms with E-state index in [1.807, 2.05) is 68.6 Å². The minimum atomic E-state index is -0.123. The fourth-order valence-electron chi connectivity index (χ4n) is 2.23. The Bertz CT molecular complexity index is 615. The summed E-state index contributed by atoms with van der Waals surface area (Å²) >= 11 is 1.58. The Morgan fingerprint density at radius 1 is 1.14 bits per heavy atom. The number of amides is 1. The number of methoxy groups -OCH3 is 1. The van der Waals surface area contributed by atoms with Gasteiger partial charge in [0.25, 0.3) is 0 Å². The summed E-state index contributed by atoms with van der Waals surface area (Å²) in [5.41, 5.74) is 1.01. The number of para-hydroxylation sites is 1. The van der Waals surface area contributed by atoms with Crippen molar-refractivity contribution in [3.63, 3.8) is 0 Å². The van der Waals surface area contributed by atoms with Gasteiger partial charge in [-0.2, -0.15) is 0 Å². The number of nitrogens with zero attached hydrogens (tertiary/aromatic N) is 1. The first-order valence-electron chi connectivity index (χ1n) is 7.20. The minimum Gasteiger partial charge on any atom is -0.496 e. The summed E-state index contributed by atoms with van der Waals surface area (Å²) in [5, 5.41) is -0.123. The third-order valence-electron chi connectivity index (χ3n) is 3.38. The van der Waals surface area contributed by atoms with E-state index in [1.54, 1.807) is 23.8 Å². The molecule has 0 saturated heterocycles. The van der Waals surface area contributed by atoms with Crippen molar-refractivity contribution in [3.8, 4) is 5.75 Å². The molecule has 1 unspecified atom stereocenters. The molecule has 2 aromatic carbocycles. The van der Waals surface area contributed by atoms with Gasteiger partial charge in [-0.15, -0.1) is 11.8 Å². The van der Waals surface area contributed by atoms with Gasteiger partial charge in [-0.3, -0.25) is 4.79 Å². The minimum absolute atomic E-state index is 0.111. The van der Waals surface area contributed by atoms with Gasteiger partial charge in [-0.05, 0) is 25.1 Å². The third-order valence-corrected chi connectivity index (χ3v) is 4.48. The molecule has 4 heteroatoms. The Kier molecular flexibility index (Phi) is 5.90. The van der Waals surface area contributed by atoms with Crippen LogP contribution in [-0.2, 0) is 11.3 Å². The van der Waals surface area contributed by atoms with Crippen molar-refractivity contribution < 1.29 is 9.53 Å². The first-order chi connectivity index (χ1) is 10.6. The molecule has 0 fully saturated rings. The molecule has 0 aliphatic rings. The van der Waals surface area contributed by atoms with Gasteiger partial charge in [0.1, 0.15) is 5.75 Å². The van der Waals surface area contributed by atoms with Crippen LogP contribution in [0.4, 0.5) is 0 Å². The number of ether oxygens (including phenoxy) is 1. The molecule has 0 saturated carbocycles. The number of carbonyl (C=O) groups excluding carboxylic acids is 1. The van der Waals surface area contributed by atoms with Crippen molar-refractivity contribution in [2.24, 2.45) is 0 Å². The van der Waals surface area contributed by atoms with Crippen molar-refractivity contribution >= 4 is 17.7 Å². The second-order valence-corrected chi connectivity index (χ2v) is 6.49. The molecule has 116 valence electrons. The Hall–Kier alpha value is -1.94. The van der Waals surface area contributed by atoms with E-state index in [9.17, 15) is 4.79 Å². The molecule has 0 aliphatic heterocycles. The molecular weight excluding hydrogens is 294 g/mol. The lowest BCUT2D eigenvalue weighted by Gasteiger charge is -2.22. The molecular formula is C18H21NO2S. The molecule has 0 aromatic heterocycles. The van der Waals surface area contributed by atoms with Crippen molar-refractivity contribution in [3.05, 3.63) is 60.2 Å². The zero-order valence-corrected chi connectivity index (χ0v) is 14.0. The molecule has 0 spiro atoms. The quantitative estimate of drug-likeness (QED) is 0.759. The predicted octanol–water partition coefficient (Wildman–Crippen LogP) is 3.83. The van der Waals surface area contributed by atoms with Crippen molar-refractivity contribution in [2.45, 2.75) is 23.6 Å². The second-order valence-electron chi connectivity index (χ2n) is 5.08. The third kappa shape index (κ3) is 4.28. The number of rotatable bonds is 6. The van der Waals surface area contributed by atoms with Gasteiger partial charge in [0.05, 0.1) is 12.4 Å². The predicted molar refractivity (Wildman–Crippen MR) is 91.2 cm³/mol. The van der Waals surface area contributed by atoms with Gasteiger partial charge in [-0.25, -0.2) is 0 Å². The Labute approximate surface area is 136 Å². The molecule has 1 atom stereocenters. The van der Waals surface area contributed by atoms with E-state index >= 15 is 0 Å². The van der Waals surface area contributed by atoms with Gasteiger partial charge in [0, 0.05) is 24.1 Å². The van der Waals surface area contributed by atoms with Crippen LogP contribution in [0.15, 0.2) is 59.5 Å². The maximum atomic E-state index is 12.5. The lowest BCUT2D eigenvalue weighted by Crippen LogP contribution is -2.32. The Morgan fingerprint density at radius 3 is 2.45 bits per heavy atom. The largest absolute Gasteiger partial charge is 0.496 e. The standard InChI is InChI=1S/C18H21NO2S/c1-14(22-16-10-5-4-6-11-16)18(20)19(2)13-15-9-7-8-12-17(15)21-3/h4-12,14H,13H2,1-3H3. The van der Waals surface area contributed by atoms with Gasteiger partial charge in [0.2, 0.25) is 5.91 Å². The van der Waals surface area contributed by atoms with Crippen LogP contribution in [0.25, 0.3) is 0 Å². The SMILES string of the molecule is COc1ccccc1CN(C)C(=O)C(C)Sc1ccccc1. The number of thioether (sulfide) groups is 1. The van der Waals surface area contributed by atoms with Crippen LogP contribution in [0.3, 0.4) is 0 Å². The maximum Gasteiger partial charge on any atom is 0.235 e. The van der Waals surface area contributed by atoms with Crippen LogP contribution in [0.2, 0.25) is 0 Å². The molecule has 0 heterocycles. The van der Waals surface area contributed by atoms with Crippen LogP contribution < -0.4 is 4.74 Å². The van der Waals surface area contributed by atoms with Gasteiger partial charge >= 0.3 is 0 Å². The summed E-state index contributed by atoms with van der Waals surface area (Å²) < 4.78 is 5.34. The molecule has 2 rings (SSSR count). The lowest BCUT2D eigenvalue weighted by atomic mass is 10.2. The highest BCUT2D eigenvalue weighted by molar-refractivity contribution is 8.00. The number of carbonyl (C=O) groups is 1. The van der Waals surface area contributed by atoms with Crippen LogP contribution in [0, 0.1) is 0 Å². The van der Waals surface area contributed by atoms with Crippen molar-refractivity contribution in [1.29, 1.82) is 0 Å². The van der Waals surface area contributed by atoms with Gasteiger partial charge in [0.15, 0.2) is 0 Å². The molecule has 22 heavy (non-hydrogen) atoms. The van der Waals surface area contributed by atoms with Crippen molar-refractivity contribution in [1.82, 2.24) is 4.90 Å². The molecule has 1 amide bonds. The highest BCUT2D eigenvalue weighted by atomic mass is 32.2. The second kappa shape index (κ2) is 7.90. The van der Waals surface area contributed by atoms with E-state index in [-0.39, 0.29) is 11.2 Å². The summed E-state index contributed by atoms with van der Waals surface area (Å²) in [6, 6.07) is 17.8. The molecule has 2 aromatic rings. The van der Waals surface area contributed by atoms with E-state index in [0.29, 0.717) is 6.54 Å². The van der Waals surface area contributed by atoms with E-state index in [4.69, 9.17) is 4.74 Å². The summed E-state index contributed by atoms with van der Waals surface area (Å²) in [5.74, 6) is 0.922. The number of hydrogen-bond donors (Lipinski definition) is 0. The fourth-order valence-corrected chi connectivity index (χ4v) is 3.23. The average molecular weight is 315 g/mol. The normalized spacial score (nSPS) is 11.8. The lowest BCUT2D eigenvalue weighted by molar-refractivity contribution is -0.129. The summed E-state index contributed by atoms with van der Waals surface area (Å²) in [7, 11) is 3.48. The van der Waals surface area contributed by atoms with Gasteiger partial charge < -0.3 is 9.64 Å². The van der Waals surface area contributed by atoms with E-state index in [1.165, 1.54) is 0 Å². The van der Waals surface area contributed by atoms with Crippen LogP contribution in [0.1, 0.15) is 12.5 Å². The summed E-state index contributed by atoms with van der Waals surface area (Å²) in [6.07, 6.45) is 0. The topological polar surface area (TPSA) is 29.5 Å². The van der Waals surface area contributed by atoms with E-state index < -0.39 is 0 Å². The summed E-state index contributed by atoms with van der Waals surface area (Å²) in [4.78, 5) is 15.4. The van der Waals surface area contributed by atoms with Crippen LogP contribution in [-0.4, -0.2) is 30.2 Å². The summed E-state index contributed by atoms with van der Waals surface area (Å²) in [6.45, 7) is 2.49. The first kappa shape index (κ1) is 16.4. The van der Waals surface area contributed by atoms with Crippen molar-refractivity contribution in [2.75, 3.05) is 14.2 Å². The average Bonchev–Trinajstić information content (AvgIpc) is 2.55. The zero-order chi connectivity index (χ0) is 15.9. The number of benzene rings is 2. The van der Waals surface area contributed by atoms with E-state index in [2.05, 4.69) is 0 Å². The van der Waals surface area contributed by atoms with Gasteiger partial charge in [-0.1, -0.05) is 36.4 Å². The Balaban J connectivity index is 1.99. The van der Waals surface area contributed by atoms with E-state index in [0.717, 1.165) is 16.2 Å². The number of hydrogen-bond acceptors (Lipinski definition) is 3. The molecule has 0 aliphatic carbocycles. The fraction of sp³-hybridized carbons (Fsp3) is 0.278. The zero-order valence-electron chi connectivity index (χ0n) is 13.2. The molecule has 0 N–H and O–H groups in total. The maximum absolute atomic E-state index is 12.5. The monoisotopic (exact) mass is 315 g/mol. The van der Waals surface area contributed by atoms with Crippen LogP contribution >= 0.6 is 11.8 Å². The van der Waals surface area contributed by atoms with Crippen LogP contribution in [0.5, 0.6) is 5.75 Å². The highest BCUT2D eigenvalue weighted by Crippen LogP contribution is 2.25. The first-order valence-corrected chi connectivity index (χ1v) is 8.08. The highest BCUT2D eigenvalue weighted by Gasteiger charge is 2.19. The molecule has 0 radical (unpaired) electrons. The molecule has 0 bridgehead atoms. The smallest absolute Gasteiger partial charge is 0.235 e.